The van der Waals surface area contributed by atoms with Crippen molar-refractivity contribution < 1.29 is 9.59 Å². The van der Waals surface area contributed by atoms with Crippen LogP contribution in [0.3, 0.4) is 0 Å². The van der Waals surface area contributed by atoms with E-state index in [9.17, 15) is 9.59 Å². The maximum atomic E-state index is 12.9. The van der Waals surface area contributed by atoms with Crippen molar-refractivity contribution in [3.63, 3.8) is 0 Å². The lowest BCUT2D eigenvalue weighted by Gasteiger charge is -2.22. The number of hydrogen-bond donors (Lipinski definition) is 2. The van der Waals surface area contributed by atoms with Gasteiger partial charge in [0.05, 0.1) is 12.1 Å². The van der Waals surface area contributed by atoms with E-state index in [2.05, 4.69) is 17.6 Å². The van der Waals surface area contributed by atoms with Gasteiger partial charge < -0.3 is 10.6 Å². The molecule has 4 heteroatoms. The van der Waals surface area contributed by atoms with E-state index in [-0.39, 0.29) is 23.9 Å². The van der Waals surface area contributed by atoms with Crippen LogP contribution in [0.25, 0.3) is 0 Å². The summed E-state index contributed by atoms with van der Waals surface area (Å²) in [6.07, 6.45) is 3.49. The Morgan fingerprint density at radius 2 is 1.18 bits per heavy atom. The zero-order chi connectivity index (χ0) is 20.4. The number of hydrogen-bond acceptors (Lipinski definition) is 2. The smallest absolute Gasteiger partial charge is 0.233 e. The largest absolute Gasteiger partial charge is 0.349 e. The number of carbonyl (C=O) groups is 2. The SMILES string of the molecule is CCCCCC(C(=O)N[C@H](C)c1ccccc1)C(=O)N[C@H](C)c1ccccc1. The van der Waals surface area contributed by atoms with Gasteiger partial charge in [0.25, 0.3) is 0 Å². The Morgan fingerprint density at radius 3 is 1.57 bits per heavy atom. The summed E-state index contributed by atoms with van der Waals surface area (Å²) in [5.74, 6) is -1.08. The lowest BCUT2D eigenvalue weighted by molar-refractivity contribution is -0.136. The van der Waals surface area contributed by atoms with Gasteiger partial charge in [0.1, 0.15) is 5.92 Å². The third kappa shape index (κ3) is 6.52. The summed E-state index contributed by atoms with van der Waals surface area (Å²) in [5.41, 5.74) is 2.06. The molecular formula is C24H32N2O2. The molecule has 0 radical (unpaired) electrons. The Balaban J connectivity index is 2.04. The highest BCUT2D eigenvalue weighted by Crippen LogP contribution is 2.18. The van der Waals surface area contributed by atoms with Crippen LogP contribution in [0, 0.1) is 5.92 Å². The first-order valence-electron chi connectivity index (χ1n) is 10.2. The number of rotatable bonds is 10. The van der Waals surface area contributed by atoms with E-state index < -0.39 is 5.92 Å². The Morgan fingerprint density at radius 1 is 0.750 bits per heavy atom. The number of amides is 2. The van der Waals surface area contributed by atoms with Gasteiger partial charge in [-0.1, -0.05) is 86.8 Å². The summed E-state index contributed by atoms with van der Waals surface area (Å²) in [6.45, 7) is 6.01. The molecule has 0 saturated carbocycles. The third-order valence-corrected chi connectivity index (χ3v) is 5.05. The van der Waals surface area contributed by atoms with Crippen molar-refractivity contribution in [3.05, 3.63) is 71.8 Å². The highest BCUT2D eigenvalue weighted by atomic mass is 16.2. The maximum Gasteiger partial charge on any atom is 0.233 e. The van der Waals surface area contributed by atoms with Gasteiger partial charge in [-0.05, 0) is 31.4 Å². The minimum Gasteiger partial charge on any atom is -0.349 e. The topological polar surface area (TPSA) is 58.2 Å². The number of nitrogens with one attached hydrogen (secondary N) is 2. The molecule has 0 aromatic heterocycles. The van der Waals surface area contributed by atoms with Gasteiger partial charge in [0.15, 0.2) is 0 Å². The van der Waals surface area contributed by atoms with Gasteiger partial charge >= 0.3 is 0 Å². The molecule has 2 aromatic carbocycles. The summed E-state index contributed by atoms with van der Waals surface area (Å²) in [4.78, 5) is 25.8. The van der Waals surface area contributed by atoms with Gasteiger partial charge in [-0.2, -0.15) is 0 Å². The van der Waals surface area contributed by atoms with E-state index in [0.29, 0.717) is 6.42 Å². The molecule has 2 atom stereocenters. The summed E-state index contributed by atoms with van der Waals surface area (Å²) in [7, 11) is 0. The molecule has 0 bridgehead atoms. The summed E-state index contributed by atoms with van der Waals surface area (Å²) >= 11 is 0. The predicted octanol–water partition coefficient (Wildman–Crippen LogP) is 4.94. The predicted molar refractivity (Wildman–Crippen MR) is 114 cm³/mol. The van der Waals surface area contributed by atoms with Crippen LogP contribution in [0.1, 0.15) is 69.7 Å². The second-order valence-corrected chi connectivity index (χ2v) is 7.33. The van der Waals surface area contributed by atoms with Crippen LogP contribution in [-0.4, -0.2) is 11.8 Å². The first-order valence-corrected chi connectivity index (χ1v) is 10.2. The van der Waals surface area contributed by atoms with E-state index in [0.717, 1.165) is 30.4 Å². The fraction of sp³-hybridized carbons (Fsp3) is 0.417. The van der Waals surface area contributed by atoms with Gasteiger partial charge in [-0.3, -0.25) is 9.59 Å². The van der Waals surface area contributed by atoms with Gasteiger partial charge in [-0.15, -0.1) is 0 Å². The summed E-state index contributed by atoms with van der Waals surface area (Å²) < 4.78 is 0. The minimum absolute atomic E-state index is 0.137. The van der Waals surface area contributed by atoms with Crippen LogP contribution >= 0.6 is 0 Å². The third-order valence-electron chi connectivity index (χ3n) is 5.05. The lowest BCUT2D eigenvalue weighted by atomic mass is 9.97. The van der Waals surface area contributed by atoms with Crippen LogP contribution in [0.5, 0.6) is 0 Å². The Hall–Kier alpha value is -2.62. The van der Waals surface area contributed by atoms with Gasteiger partial charge in [0, 0.05) is 0 Å². The molecule has 4 nitrogen and oxygen atoms in total. The number of carbonyl (C=O) groups excluding carboxylic acids is 2. The van der Waals surface area contributed by atoms with Crippen molar-refractivity contribution in [3.8, 4) is 0 Å². The maximum absolute atomic E-state index is 12.9. The molecule has 0 saturated heterocycles. The Labute approximate surface area is 168 Å². The first kappa shape index (κ1) is 21.7. The van der Waals surface area contributed by atoms with Crippen molar-refractivity contribution >= 4 is 11.8 Å². The molecule has 0 unspecified atom stereocenters. The van der Waals surface area contributed by atoms with Crippen molar-refractivity contribution in [2.75, 3.05) is 0 Å². The van der Waals surface area contributed by atoms with E-state index in [1.807, 2.05) is 74.5 Å². The van der Waals surface area contributed by atoms with E-state index in [1.54, 1.807) is 0 Å². The van der Waals surface area contributed by atoms with E-state index in [1.165, 1.54) is 0 Å². The van der Waals surface area contributed by atoms with Crippen molar-refractivity contribution in [2.24, 2.45) is 5.92 Å². The highest BCUT2D eigenvalue weighted by molar-refractivity contribution is 6.00. The molecule has 0 aliphatic heterocycles. The Bertz CT molecular complexity index is 671. The van der Waals surface area contributed by atoms with Gasteiger partial charge in [0.2, 0.25) is 11.8 Å². The molecule has 150 valence electrons. The molecule has 0 aliphatic rings. The van der Waals surface area contributed by atoms with Crippen LogP contribution in [0.2, 0.25) is 0 Å². The molecule has 2 rings (SSSR count). The normalized spacial score (nSPS) is 13.0. The Kier molecular flexibility index (Phi) is 8.73. The number of benzene rings is 2. The molecule has 2 amide bonds. The second-order valence-electron chi connectivity index (χ2n) is 7.33. The van der Waals surface area contributed by atoms with E-state index >= 15 is 0 Å². The fourth-order valence-corrected chi connectivity index (χ4v) is 3.26. The average Bonchev–Trinajstić information content (AvgIpc) is 2.72. The average molecular weight is 381 g/mol. The quantitative estimate of drug-likeness (QED) is 0.453. The summed E-state index contributed by atoms with van der Waals surface area (Å²) in [5, 5.41) is 6.03. The standard InChI is InChI=1S/C24H32N2O2/c1-4-5-8-17-22(23(27)25-18(2)20-13-9-6-10-14-20)24(28)26-19(3)21-15-11-7-12-16-21/h6-7,9-16,18-19,22H,4-5,8,17H2,1-3H3,(H,25,27)(H,26,28)/t18-,19-/m1/s1. The molecule has 0 heterocycles. The minimum atomic E-state index is -0.677. The lowest BCUT2D eigenvalue weighted by Crippen LogP contribution is -2.42. The van der Waals surface area contributed by atoms with Crippen LogP contribution < -0.4 is 10.6 Å². The second kappa shape index (κ2) is 11.3. The van der Waals surface area contributed by atoms with Gasteiger partial charge in [-0.25, -0.2) is 0 Å². The zero-order valence-electron chi connectivity index (χ0n) is 17.2. The molecule has 2 aromatic rings. The number of unbranched alkanes of at least 4 members (excludes halogenated alkanes) is 2. The fourth-order valence-electron chi connectivity index (χ4n) is 3.26. The molecule has 0 spiro atoms. The van der Waals surface area contributed by atoms with Crippen molar-refractivity contribution in [2.45, 2.75) is 58.5 Å². The monoisotopic (exact) mass is 380 g/mol. The van der Waals surface area contributed by atoms with E-state index in [4.69, 9.17) is 0 Å². The zero-order valence-corrected chi connectivity index (χ0v) is 17.2. The molecule has 0 fully saturated rings. The molecule has 2 N–H and O–H groups in total. The van der Waals surface area contributed by atoms with Crippen LogP contribution in [0.15, 0.2) is 60.7 Å². The van der Waals surface area contributed by atoms with Crippen LogP contribution in [-0.2, 0) is 9.59 Å². The van der Waals surface area contributed by atoms with Crippen LogP contribution in [0.4, 0.5) is 0 Å². The summed E-state index contributed by atoms with van der Waals surface area (Å²) in [6, 6.07) is 19.3. The molecule has 0 aliphatic carbocycles. The highest BCUT2D eigenvalue weighted by Gasteiger charge is 2.28. The molecule has 28 heavy (non-hydrogen) atoms. The van der Waals surface area contributed by atoms with Crippen molar-refractivity contribution in [1.29, 1.82) is 0 Å². The van der Waals surface area contributed by atoms with Crippen molar-refractivity contribution in [1.82, 2.24) is 10.6 Å². The first-order chi connectivity index (χ1) is 13.5. The molecular weight excluding hydrogens is 348 g/mol.